The highest BCUT2D eigenvalue weighted by molar-refractivity contribution is 9.11. The molecule has 2 amide bonds. The third kappa shape index (κ3) is 6.76. The van der Waals surface area contributed by atoms with Gasteiger partial charge in [0.2, 0.25) is 6.79 Å². The van der Waals surface area contributed by atoms with Gasteiger partial charge in [-0.2, -0.15) is 5.10 Å². The van der Waals surface area contributed by atoms with Crippen LogP contribution < -0.4 is 25.0 Å². The van der Waals surface area contributed by atoms with Gasteiger partial charge in [-0.15, -0.1) is 0 Å². The summed E-state index contributed by atoms with van der Waals surface area (Å²) in [5.74, 6) is -0.370. The van der Waals surface area contributed by atoms with Gasteiger partial charge in [-0.05, 0) is 76.6 Å². The van der Waals surface area contributed by atoms with Crippen LogP contribution in [0, 0.1) is 0 Å². The number of hydrogen-bond donors (Lipinski definition) is 2. The fourth-order valence-electron chi connectivity index (χ4n) is 3.77. The van der Waals surface area contributed by atoms with Crippen LogP contribution in [0.1, 0.15) is 36.6 Å². The van der Waals surface area contributed by atoms with Gasteiger partial charge in [0.15, 0.2) is 17.2 Å². The molecule has 41 heavy (non-hydrogen) atoms. The van der Waals surface area contributed by atoms with E-state index in [0.29, 0.717) is 42.3 Å². The first-order chi connectivity index (χ1) is 19.8. The zero-order valence-corrected chi connectivity index (χ0v) is 24.7. The Morgan fingerprint density at radius 3 is 2.51 bits per heavy atom. The molecule has 0 saturated carbocycles. The van der Waals surface area contributed by atoms with Crippen LogP contribution in [0.5, 0.6) is 17.2 Å². The molecule has 1 aliphatic heterocycles. The lowest BCUT2D eigenvalue weighted by Crippen LogP contribution is -2.18. The normalized spacial score (nSPS) is 11.8. The van der Waals surface area contributed by atoms with E-state index in [1.54, 1.807) is 66.7 Å². The second kappa shape index (κ2) is 12.5. The van der Waals surface area contributed by atoms with Crippen molar-refractivity contribution in [2.45, 2.75) is 0 Å². The Bertz CT molecular complexity index is 1710. The molecule has 0 aromatic heterocycles. The number of fused-ring (bicyclic) bond motifs is 1. The van der Waals surface area contributed by atoms with E-state index >= 15 is 0 Å². The minimum atomic E-state index is -0.624. The van der Waals surface area contributed by atoms with E-state index in [2.05, 4.69) is 47.7 Å². The van der Waals surface area contributed by atoms with Gasteiger partial charge in [-0.3, -0.25) is 9.59 Å². The highest BCUT2D eigenvalue weighted by Gasteiger charge is 2.20. The number of nitrogens with zero attached hydrogens (tertiary/aromatic N) is 1. The first kappa shape index (κ1) is 28.3. The maximum atomic E-state index is 12.9. The number of hydrogen-bond acceptors (Lipinski definition) is 7. The molecular weight excluding hydrogens is 682 g/mol. The van der Waals surface area contributed by atoms with Crippen molar-refractivity contribution in [1.29, 1.82) is 0 Å². The van der Waals surface area contributed by atoms with Crippen LogP contribution in [0.15, 0.2) is 92.9 Å². The second-order valence-corrected chi connectivity index (χ2v) is 10.7. The standard InChI is InChI=1S/C29H18Br2ClN3O6/c30-19-10-18(26(22(31)13-19)41-29(38)17-8-9-24-25(12-17)40-15-39-24)14-33-35-27(36)16-4-3-5-20(11-16)34-28(37)21-6-1-2-7-23(21)32/h1-14H,15H2,(H,34,37)(H,35,36). The van der Waals surface area contributed by atoms with Crippen molar-refractivity contribution in [1.82, 2.24) is 5.43 Å². The molecular formula is C29H18Br2ClN3O6. The van der Waals surface area contributed by atoms with E-state index in [-0.39, 0.29) is 23.7 Å². The van der Waals surface area contributed by atoms with E-state index in [4.69, 9.17) is 25.8 Å². The van der Waals surface area contributed by atoms with Gasteiger partial charge in [0.25, 0.3) is 11.8 Å². The fourth-order valence-corrected chi connectivity index (χ4v) is 5.33. The number of esters is 1. The van der Waals surface area contributed by atoms with E-state index in [1.165, 1.54) is 18.3 Å². The highest BCUT2D eigenvalue weighted by Crippen LogP contribution is 2.35. The van der Waals surface area contributed by atoms with Gasteiger partial charge < -0.3 is 19.5 Å². The zero-order chi connectivity index (χ0) is 28.9. The minimum absolute atomic E-state index is 0.0833. The number of carbonyl (C=O) groups excluding carboxylic acids is 3. The van der Waals surface area contributed by atoms with Crippen molar-refractivity contribution in [3.05, 3.63) is 115 Å². The minimum Gasteiger partial charge on any atom is -0.454 e. The van der Waals surface area contributed by atoms with E-state index in [0.717, 1.165) is 0 Å². The number of hydrazone groups is 1. The molecule has 0 spiro atoms. The Hall–Kier alpha value is -4.19. The lowest BCUT2D eigenvalue weighted by Gasteiger charge is -2.11. The van der Waals surface area contributed by atoms with E-state index in [9.17, 15) is 14.4 Å². The van der Waals surface area contributed by atoms with Crippen LogP contribution in [0.25, 0.3) is 0 Å². The number of ether oxygens (including phenoxy) is 3. The molecule has 0 saturated heterocycles. The lowest BCUT2D eigenvalue weighted by atomic mass is 10.1. The highest BCUT2D eigenvalue weighted by atomic mass is 79.9. The maximum Gasteiger partial charge on any atom is 0.343 e. The molecule has 0 unspecified atom stereocenters. The largest absolute Gasteiger partial charge is 0.454 e. The van der Waals surface area contributed by atoms with Crippen molar-refractivity contribution in [3.8, 4) is 17.2 Å². The maximum absolute atomic E-state index is 12.9. The van der Waals surface area contributed by atoms with Crippen LogP contribution >= 0.6 is 43.5 Å². The number of halogens is 3. The topological polar surface area (TPSA) is 115 Å². The Labute approximate surface area is 255 Å². The molecule has 0 atom stereocenters. The van der Waals surface area contributed by atoms with Gasteiger partial charge >= 0.3 is 5.97 Å². The third-order valence-corrected chi connectivity index (χ3v) is 7.09. The SMILES string of the molecule is O=C(NN=Cc1cc(Br)cc(Br)c1OC(=O)c1ccc2c(c1)OCO2)c1cccc(NC(=O)c2ccccc2Cl)c1. The first-order valence-corrected chi connectivity index (χ1v) is 13.8. The Kier molecular flexibility index (Phi) is 8.67. The second-order valence-electron chi connectivity index (χ2n) is 8.48. The molecule has 0 fully saturated rings. The van der Waals surface area contributed by atoms with Gasteiger partial charge in [-0.25, -0.2) is 10.2 Å². The summed E-state index contributed by atoms with van der Waals surface area (Å²) in [6.07, 6.45) is 1.35. The third-order valence-electron chi connectivity index (χ3n) is 5.71. The number of anilines is 1. The molecule has 1 aliphatic rings. The number of amides is 2. The van der Waals surface area contributed by atoms with Gasteiger partial charge in [0.05, 0.1) is 26.8 Å². The van der Waals surface area contributed by atoms with Crippen molar-refractivity contribution < 1.29 is 28.6 Å². The fraction of sp³-hybridized carbons (Fsp3) is 0.0345. The van der Waals surface area contributed by atoms with Gasteiger partial charge in [-0.1, -0.05) is 45.7 Å². The average Bonchev–Trinajstić information content (AvgIpc) is 3.43. The molecule has 12 heteroatoms. The molecule has 4 aromatic rings. The van der Waals surface area contributed by atoms with Crippen molar-refractivity contribution in [2.75, 3.05) is 12.1 Å². The van der Waals surface area contributed by atoms with Gasteiger partial charge in [0.1, 0.15) is 0 Å². The number of rotatable bonds is 7. The molecule has 0 bridgehead atoms. The van der Waals surface area contributed by atoms with E-state index < -0.39 is 17.8 Å². The van der Waals surface area contributed by atoms with Crippen LogP contribution in [-0.4, -0.2) is 30.8 Å². The smallest absolute Gasteiger partial charge is 0.343 e. The molecule has 1 heterocycles. The number of benzene rings is 4. The molecule has 9 nitrogen and oxygen atoms in total. The van der Waals surface area contributed by atoms with Gasteiger partial charge in [0, 0.05) is 21.3 Å². The van der Waals surface area contributed by atoms with Crippen LogP contribution in [0.2, 0.25) is 5.02 Å². The predicted octanol–water partition coefficient (Wildman–Crippen LogP) is 6.83. The summed E-state index contributed by atoms with van der Waals surface area (Å²) in [7, 11) is 0. The Morgan fingerprint density at radius 2 is 1.68 bits per heavy atom. The molecule has 206 valence electrons. The summed E-state index contributed by atoms with van der Waals surface area (Å²) >= 11 is 12.9. The summed E-state index contributed by atoms with van der Waals surface area (Å²) in [6.45, 7) is 0.0833. The zero-order valence-electron chi connectivity index (χ0n) is 20.8. The van der Waals surface area contributed by atoms with Crippen molar-refractivity contribution >= 4 is 73.1 Å². The van der Waals surface area contributed by atoms with Crippen LogP contribution in [0.4, 0.5) is 5.69 Å². The summed E-state index contributed by atoms with van der Waals surface area (Å²) in [5, 5.41) is 7.08. The summed E-state index contributed by atoms with van der Waals surface area (Å²) in [4.78, 5) is 38.2. The van der Waals surface area contributed by atoms with E-state index in [1.807, 2.05) is 0 Å². The molecule has 2 N–H and O–H groups in total. The predicted molar refractivity (Wildman–Crippen MR) is 160 cm³/mol. The van der Waals surface area contributed by atoms with Crippen LogP contribution in [0.3, 0.4) is 0 Å². The Balaban J connectivity index is 1.28. The lowest BCUT2D eigenvalue weighted by molar-refractivity contribution is 0.0732. The molecule has 0 aliphatic carbocycles. The first-order valence-electron chi connectivity index (χ1n) is 11.9. The quantitative estimate of drug-likeness (QED) is 0.0947. The number of nitrogens with one attached hydrogen (secondary N) is 2. The van der Waals surface area contributed by atoms with Crippen molar-refractivity contribution in [3.63, 3.8) is 0 Å². The monoisotopic (exact) mass is 697 g/mol. The Morgan fingerprint density at radius 1 is 0.878 bits per heavy atom. The summed E-state index contributed by atoms with van der Waals surface area (Å²) in [6, 6.07) is 21.1. The summed E-state index contributed by atoms with van der Waals surface area (Å²) < 4.78 is 17.4. The molecule has 4 aromatic carbocycles. The van der Waals surface area contributed by atoms with Crippen LogP contribution in [-0.2, 0) is 0 Å². The summed E-state index contributed by atoms with van der Waals surface area (Å²) in [5.41, 5.74) is 4.08. The molecule has 0 radical (unpaired) electrons. The van der Waals surface area contributed by atoms with Crippen molar-refractivity contribution in [2.24, 2.45) is 5.10 Å². The average molecular weight is 700 g/mol. The number of carbonyl (C=O) groups is 3. The molecule has 5 rings (SSSR count).